The predicted octanol–water partition coefficient (Wildman–Crippen LogP) is 0.562. The number of hydroxylamine groups is 2. The SMILES string of the molecule is CC(NC(=O)c1ccco1)C(=O)N1CCCO1. The van der Waals surface area contributed by atoms with Crippen LogP contribution in [0.3, 0.4) is 0 Å². The molecular weight excluding hydrogens is 224 g/mol. The molecule has 92 valence electrons. The number of rotatable bonds is 3. The molecule has 1 saturated heterocycles. The summed E-state index contributed by atoms with van der Waals surface area (Å²) in [4.78, 5) is 28.5. The third-order valence-electron chi connectivity index (χ3n) is 2.46. The Bertz CT molecular complexity index is 396. The lowest BCUT2D eigenvalue weighted by molar-refractivity contribution is -0.170. The highest BCUT2D eigenvalue weighted by molar-refractivity contribution is 5.95. The molecule has 1 aromatic heterocycles. The molecule has 0 spiro atoms. The highest BCUT2D eigenvalue weighted by Gasteiger charge is 2.26. The Hall–Kier alpha value is -1.82. The molecule has 1 atom stereocenters. The van der Waals surface area contributed by atoms with Gasteiger partial charge in [-0.05, 0) is 25.5 Å². The highest BCUT2D eigenvalue weighted by Crippen LogP contribution is 2.07. The molecule has 0 bridgehead atoms. The number of furan rings is 1. The van der Waals surface area contributed by atoms with E-state index in [1.165, 1.54) is 11.3 Å². The normalized spacial score (nSPS) is 16.9. The number of nitrogens with zero attached hydrogens (tertiary/aromatic N) is 1. The molecule has 6 nitrogen and oxygen atoms in total. The lowest BCUT2D eigenvalue weighted by atomic mass is 10.3. The molecule has 1 unspecified atom stereocenters. The van der Waals surface area contributed by atoms with Gasteiger partial charge in [0.1, 0.15) is 6.04 Å². The summed E-state index contributed by atoms with van der Waals surface area (Å²) in [5, 5.41) is 3.84. The van der Waals surface area contributed by atoms with Gasteiger partial charge >= 0.3 is 0 Å². The van der Waals surface area contributed by atoms with Gasteiger partial charge in [0.05, 0.1) is 19.4 Å². The number of carbonyl (C=O) groups excluding carboxylic acids is 2. The summed E-state index contributed by atoms with van der Waals surface area (Å²) in [6.45, 7) is 2.73. The van der Waals surface area contributed by atoms with Crippen molar-refractivity contribution in [3.63, 3.8) is 0 Å². The van der Waals surface area contributed by atoms with Crippen LogP contribution in [0.4, 0.5) is 0 Å². The largest absolute Gasteiger partial charge is 0.459 e. The topological polar surface area (TPSA) is 71.8 Å². The van der Waals surface area contributed by atoms with Crippen LogP contribution in [-0.4, -0.2) is 36.1 Å². The fraction of sp³-hybridized carbons (Fsp3) is 0.455. The minimum atomic E-state index is -0.634. The van der Waals surface area contributed by atoms with Crippen LogP contribution < -0.4 is 5.32 Å². The average Bonchev–Trinajstić information content (AvgIpc) is 3.00. The molecular formula is C11H14N2O4. The minimum absolute atomic E-state index is 0.187. The molecule has 1 aromatic rings. The van der Waals surface area contributed by atoms with E-state index in [1.54, 1.807) is 19.1 Å². The van der Waals surface area contributed by atoms with Crippen molar-refractivity contribution < 1.29 is 18.8 Å². The van der Waals surface area contributed by atoms with Crippen molar-refractivity contribution in [1.29, 1.82) is 0 Å². The van der Waals surface area contributed by atoms with Gasteiger partial charge in [0, 0.05) is 0 Å². The Labute approximate surface area is 98.5 Å². The Balaban J connectivity index is 1.90. The summed E-state index contributed by atoms with van der Waals surface area (Å²) in [6.07, 6.45) is 2.23. The van der Waals surface area contributed by atoms with Gasteiger partial charge in [-0.15, -0.1) is 0 Å². The first-order valence-corrected chi connectivity index (χ1v) is 5.47. The number of nitrogens with one attached hydrogen (secondary N) is 1. The molecule has 17 heavy (non-hydrogen) atoms. The number of carbonyl (C=O) groups is 2. The zero-order chi connectivity index (χ0) is 12.3. The predicted molar refractivity (Wildman–Crippen MR) is 57.9 cm³/mol. The van der Waals surface area contributed by atoms with Crippen LogP contribution in [0.2, 0.25) is 0 Å². The van der Waals surface area contributed by atoms with Crippen molar-refractivity contribution in [1.82, 2.24) is 10.4 Å². The maximum Gasteiger partial charge on any atom is 0.287 e. The van der Waals surface area contributed by atoms with E-state index < -0.39 is 11.9 Å². The summed E-state index contributed by atoms with van der Waals surface area (Å²) in [5.41, 5.74) is 0. The minimum Gasteiger partial charge on any atom is -0.459 e. The second kappa shape index (κ2) is 5.01. The van der Waals surface area contributed by atoms with Crippen LogP contribution in [0, 0.1) is 0 Å². The van der Waals surface area contributed by atoms with Crippen molar-refractivity contribution in [3.05, 3.63) is 24.2 Å². The van der Waals surface area contributed by atoms with E-state index in [0.717, 1.165) is 6.42 Å². The molecule has 1 aliphatic heterocycles. The quantitative estimate of drug-likeness (QED) is 0.835. The van der Waals surface area contributed by atoms with Crippen molar-refractivity contribution >= 4 is 11.8 Å². The van der Waals surface area contributed by atoms with Gasteiger partial charge in [0.15, 0.2) is 5.76 Å². The fourth-order valence-corrected chi connectivity index (χ4v) is 1.57. The highest BCUT2D eigenvalue weighted by atomic mass is 16.7. The standard InChI is InChI=1S/C11H14N2O4/c1-8(11(15)13-5-3-7-17-13)12-10(14)9-4-2-6-16-9/h2,4,6,8H,3,5,7H2,1H3,(H,12,14). The van der Waals surface area contributed by atoms with E-state index in [2.05, 4.69) is 5.32 Å². The Morgan fingerprint density at radius 1 is 1.53 bits per heavy atom. The summed E-state index contributed by atoms with van der Waals surface area (Å²) in [7, 11) is 0. The van der Waals surface area contributed by atoms with Gasteiger partial charge in [-0.3, -0.25) is 14.4 Å². The maximum absolute atomic E-state index is 11.8. The van der Waals surface area contributed by atoms with E-state index in [1.807, 2.05) is 0 Å². The Morgan fingerprint density at radius 3 is 2.94 bits per heavy atom. The van der Waals surface area contributed by atoms with E-state index in [0.29, 0.717) is 13.2 Å². The molecule has 6 heteroatoms. The number of hydrogen-bond donors (Lipinski definition) is 1. The van der Waals surface area contributed by atoms with E-state index >= 15 is 0 Å². The summed E-state index contributed by atoms with van der Waals surface area (Å²) < 4.78 is 4.93. The Morgan fingerprint density at radius 2 is 2.35 bits per heavy atom. The van der Waals surface area contributed by atoms with Crippen LogP contribution in [0.5, 0.6) is 0 Å². The molecule has 1 fully saturated rings. The second-order valence-corrected chi connectivity index (χ2v) is 3.80. The van der Waals surface area contributed by atoms with Gasteiger partial charge in [-0.2, -0.15) is 0 Å². The molecule has 0 aliphatic carbocycles. The van der Waals surface area contributed by atoms with E-state index in [9.17, 15) is 9.59 Å². The van der Waals surface area contributed by atoms with Crippen molar-refractivity contribution in [2.75, 3.05) is 13.2 Å². The monoisotopic (exact) mass is 238 g/mol. The van der Waals surface area contributed by atoms with E-state index in [-0.39, 0.29) is 11.7 Å². The third-order valence-corrected chi connectivity index (χ3v) is 2.46. The summed E-state index contributed by atoms with van der Waals surface area (Å²) >= 11 is 0. The third kappa shape index (κ3) is 2.65. The lowest BCUT2D eigenvalue weighted by Gasteiger charge is -2.19. The van der Waals surface area contributed by atoms with Crippen LogP contribution in [-0.2, 0) is 9.63 Å². The van der Waals surface area contributed by atoms with Gasteiger partial charge in [-0.25, -0.2) is 5.06 Å². The zero-order valence-corrected chi connectivity index (χ0v) is 9.51. The lowest BCUT2D eigenvalue weighted by Crippen LogP contribution is -2.45. The first-order valence-electron chi connectivity index (χ1n) is 5.47. The summed E-state index contributed by atoms with van der Waals surface area (Å²) in [6, 6.07) is 2.52. The molecule has 0 radical (unpaired) electrons. The van der Waals surface area contributed by atoms with Gasteiger partial charge in [0.25, 0.3) is 11.8 Å². The average molecular weight is 238 g/mol. The zero-order valence-electron chi connectivity index (χ0n) is 9.51. The van der Waals surface area contributed by atoms with Crippen LogP contribution in [0.1, 0.15) is 23.9 Å². The molecule has 0 saturated carbocycles. The van der Waals surface area contributed by atoms with Crippen molar-refractivity contribution in [3.8, 4) is 0 Å². The van der Waals surface area contributed by atoms with Crippen LogP contribution >= 0.6 is 0 Å². The smallest absolute Gasteiger partial charge is 0.287 e. The van der Waals surface area contributed by atoms with Crippen molar-refractivity contribution in [2.24, 2.45) is 0 Å². The number of hydrogen-bond acceptors (Lipinski definition) is 4. The van der Waals surface area contributed by atoms with Crippen molar-refractivity contribution in [2.45, 2.75) is 19.4 Å². The molecule has 2 amide bonds. The fourth-order valence-electron chi connectivity index (χ4n) is 1.57. The van der Waals surface area contributed by atoms with Gasteiger partial charge < -0.3 is 9.73 Å². The Kier molecular flexibility index (Phi) is 3.43. The first-order chi connectivity index (χ1) is 8.18. The van der Waals surface area contributed by atoms with E-state index in [4.69, 9.17) is 9.25 Å². The van der Waals surface area contributed by atoms with Crippen LogP contribution in [0.15, 0.2) is 22.8 Å². The number of amides is 2. The van der Waals surface area contributed by atoms with Gasteiger partial charge in [0.2, 0.25) is 0 Å². The molecule has 1 aliphatic rings. The maximum atomic E-state index is 11.8. The van der Waals surface area contributed by atoms with Crippen LogP contribution in [0.25, 0.3) is 0 Å². The molecule has 0 aromatic carbocycles. The first kappa shape index (κ1) is 11.7. The molecule has 2 rings (SSSR count). The second-order valence-electron chi connectivity index (χ2n) is 3.80. The molecule has 1 N–H and O–H groups in total. The van der Waals surface area contributed by atoms with Gasteiger partial charge in [-0.1, -0.05) is 0 Å². The molecule has 2 heterocycles. The summed E-state index contributed by atoms with van der Waals surface area (Å²) in [5.74, 6) is -0.468.